The Morgan fingerprint density at radius 1 is 1.43 bits per heavy atom. The van der Waals surface area contributed by atoms with Crippen LogP contribution in [0.25, 0.3) is 0 Å². The summed E-state index contributed by atoms with van der Waals surface area (Å²) in [6.07, 6.45) is 3.52. The standard InChI is InChI=1S/C11H11ClN4O4S/c12-10-5-9(16(17)18)1-2-11(10)21(19,20)15-4-3-8-6-13-7-14-8/h1-2,5-7,15H,3-4H2,(H,13,14). The van der Waals surface area contributed by atoms with Crippen LogP contribution in [0.1, 0.15) is 5.69 Å². The van der Waals surface area contributed by atoms with Gasteiger partial charge in [-0.25, -0.2) is 18.1 Å². The fourth-order valence-corrected chi connectivity index (χ4v) is 3.21. The van der Waals surface area contributed by atoms with E-state index in [1.54, 1.807) is 6.20 Å². The van der Waals surface area contributed by atoms with E-state index in [2.05, 4.69) is 14.7 Å². The monoisotopic (exact) mass is 330 g/mol. The summed E-state index contributed by atoms with van der Waals surface area (Å²) in [5, 5.41) is 10.4. The Labute approximate surface area is 125 Å². The number of sulfonamides is 1. The fourth-order valence-electron chi connectivity index (χ4n) is 1.64. The molecule has 0 saturated carbocycles. The molecule has 0 bridgehead atoms. The number of nitro benzene ring substituents is 1. The molecule has 0 atom stereocenters. The van der Waals surface area contributed by atoms with Crippen LogP contribution >= 0.6 is 11.6 Å². The van der Waals surface area contributed by atoms with Crippen molar-refractivity contribution in [2.24, 2.45) is 0 Å². The molecule has 10 heteroatoms. The highest BCUT2D eigenvalue weighted by Crippen LogP contribution is 2.25. The summed E-state index contributed by atoms with van der Waals surface area (Å²) in [5.74, 6) is 0. The Morgan fingerprint density at radius 2 is 2.19 bits per heavy atom. The third-order valence-corrected chi connectivity index (χ3v) is 4.60. The maximum Gasteiger partial charge on any atom is 0.271 e. The molecule has 0 unspecified atom stereocenters. The number of hydrogen-bond donors (Lipinski definition) is 2. The average Bonchev–Trinajstić information content (AvgIpc) is 2.91. The third-order valence-electron chi connectivity index (χ3n) is 2.66. The first kappa shape index (κ1) is 15.4. The Kier molecular flexibility index (Phi) is 4.56. The molecule has 0 aliphatic heterocycles. The molecule has 2 N–H and O–H groups in total. The van der Waals surface area contributed by atoms with Crippen molar-refractivity contribution in [3.8, 4) is 0 Å². The number of nitrogens with zero attached hydrogens (tertiary/aromatic N) is 2. The quantitative estimate of drug-likeness (QED) is 0.614. The molecule has 0 fully saturated rings. The molecule has 1 aromatic heterocycles. The second kappa shape index (κ2) is 6.20. The number of rotatable bonds is 6. The summed E-state index contributed by atoms with van der Waals surface area (Å²) in [7, 11) is -3.83. The number of benzene rings is 1. The average molecular weight is 331 g/mol. The van der Waals surface area contributed by atoms with Crippen molar-refractivity contribution in [3.05, 3.63) is 51.6 Å². The highest BCUT2D eigenvalue weighted by Gasteiger charge is 2.20. The second-order valence-corrected chi connectivity index (χ2v) is 6.24. The zero-order valence-electron chi connectivity index (χ0n) is 10.6. The molecule has 0 saturated heterocycles. The lowest BCUT2D eigenvalue weighted by Crippen LogP contribution is -2.26. The molecule has 0 aliphatic carbocycles. The van der Waals surface area contributed by atoms with Gasteiger partial charge in [0.1, 0.15) is 4.90 Å². The second-order valence-electron chi connectivity index (χ2n) is 4.10. The van der Waals surface area contributed by atoms with E-state index in [-0.39, 0.29) is 22.2 Å². The largest absolute Gasteiger partial charge is 0.348 e. The Hall–Kier alpha value is -1.97. The van der Waals surface area contributed by atoms with Gasteiger partial charge in [-0.15, -0.1) is 0 Å². The molecular formula is C11H11ClN4O4S. The highest BCUT2D eigenvalue weighted by molar-refractivity contribution is 7.89. The minimum absolute atomic E-state index is 0.151. The van der Waals surface area contributed by atoms with E-state index in [1.807, 2.05) is 0 Å². The van der Waals surface area contributed by atoms with Crippen LogP contribution in [0.15, 0.2) is 35.6 Å². The minimum Gasteiger partial charge on any atom is -0.348 e. The SMILES string of the molecule is O=[N+]([O-])c1ccc(S(=O)(=O)NCCc2cnc[nH]2)c(Cl)c1. The van der Waals surface area contributed by atoms with Crippen molar-refractivity contribution in [1.29, 1.82) is 0 Å². The molecule has 1 aromatic carbocycles. The number of aromatic amines is 1. The normalized spacial score (nSPS) is 11.5. The summed E-state index contributed by atoms with van der Waals surface area (Å²) in [6.45, 7) is 0.151. The van der Waals surface area contributed by atoms with Crippen LogP contribution in [0.4, 0.5) is 5.69 Å². The van der Waals surface area contributed by atoms with Gasteiger partial charge in [-0.2, -0.15) is 0 Å². The van der Waals surface area contributed by atoms with Gasteiger partial charge in [-0.3, -0.25) is 10.1 Å². The number of halogens is 1. The zero-order valence-corrected chi connectivity index (χ0v) is 12.2. The van der Waals surface area contributed by atoms with Crippen molar-refractivity contribution >= 4 is 27.3 Å². The Morgan fingerprint density at radius 3 is 2.76 bits per heavy atom. The first-order valence-electron chi connectivity index (χ1n) is 5.81. The smallest absolute Gasteiger partial charge is 0.271 e. The van der Waals surface area contributed by atoms with Crippen molar-refractivity contribution in [2.45, 2.75) is 11.3 Å². The maximum absolute atomic E-state index is 12.1. The maximum atomic E-state index is 12.1. The molecule has 0 aliphatic rings. The third kappa shape index (κ3) is 3.78. The summed E-state index contributed by atoms with van der Waals surface area (Å²) in [4.78, 5) is 16.4. The Balaban J connectivity index is 2.10. The van der Waals surface area contributed by atoms with Gasteiger partial charge >= 0.3 is 0 Å². The van der Waals surface area contributed by atoms with E-state index in [1.165, 1.54) is 6.33 Å². The van der Waals surface area contributed by atoms with Crippen LogP contribution < -0.4 is 4.72 Å². The van der Waals surface area contributed by atoms with Gasteiger partial charge in [0.2, 0.25) is 10.0 Å². The van der Waals surface area contributed by atoms with Gasteiger partial charge in [0.05, 0.1) is 16.3 Å². The van der Waals surface area contributed by atoms with Crippen LogP contribution in [0.2, 0.25) is 5.02 Å². The predicted molar refractivity (Wildman–Crippen MR) is 75.6 cm³/mol. The molecule has 0 radical (unpaired) electrons. The van der Waals surface area contributed by atoms with E-state index in [0.29, 0.717) is 6.42 Å². The van der Waals surface area contributed by atoms with Crippen LogP contribution in [-0.4, -0.2) is 29.9 Å². The number of nitrogens with one attached hydrogen (secondary N) is 2. The van der Waals surface area contributed by atoms with Crippen molar-refractivity contribution in [3.63, 3.8) is 0 Å². The lowest BCUT2D eigenvalue weighted by molar-refractivity contribution is -0.384. The lowest BCUT2D eigenvalue weighted by atomic mass is 10.3. The number of hydrogen-bond acceptors (Lipinski definition) is 5. The van der Waals surface area contributed by atoms with Crippen LogP contribution in [0.3, 0.4) is 0 Å². The number of imidazole rings is 1. The Bertz CT molecular complexity index is 746. The van der Waals surface area contributed by atoms with E-state index in [9.17, 15) is 18.5 Å². The van der Waals surface area contributed by atoms with Gasteiger partial charge in [0.15, 0.2) is 0 Å². The van der Waals surface area contributed by atoms with E-state index in [0.717, 1.165) is 23.9 Å². The van der Waals surface area contributed by atoms with Crippen molar-refractivity contribution in [2.75, 3.05) is 6.54 Å². The summed E-state index contributed by atoms with van der Waals surface area (Å²) >= 11 is 5.80. The molecule has 0 amide bonds. The fraction of sp³-hybridized carbons (Fsp3) is 0.182. The molecule has 21 heavy (non-hydrogen) atoms. The van der Waals surface area contributed by atoms with Crippen LogP contribution in [-0.2, 0) is 16.4 Å². The van der Waals surface area contributed by atoms with Gasteiger partial charge < -0.3 is 4.98 Å². The molecule has 112 valence electrons. The van der Waals surface area contributed by atoms with Gasteiger partial charge in [-0.1, -0.05) is 11.6 Å². The summed E-state index contributed by atoms with van der Waals surface area (Å²) in [6, 6.07) is 3.21. The molecule has 1 heterocycles. The number of aromatic nitrogens is 2. The number of nitro groups is 1. The lowest BCUT2D eigenvalue weighted by Gasteiger charge is -2.07. The minimum atomic E-state index is -3.83. The topological polar surface area (TPSA) is 118 Å². The highest BCUT2D eigenvalue weighted by atomic mass is 35.5. The first-order valence-corrected chi connectivity index (χ1v) is 7.67. The predicted octanol–water partition coefficient (Wildman–Crippen LogP) is 1.49. The van der Waals surface area contributed by atoms with Crippen molar-refractivity contribution in [1.82, 2.24) is 14.7 Å². The van der Waals surface area contributed by atoms with Gasteiger partial charge in [0.25, 0.3) is 5.69 Å². The first-order chi connectivity index (χ1) is 9.90. The number of non-ortho nitro benzene ring substituents is 1. The molecule has 0 spiro atoms. The van der Waals surface area contributed by atoms with E-state index < -0.39 is 14.9 Å². The molecule has 8 nitrogen and oxygen atoms in total. The van der Waals surface area contributed by atoms with Crippen LogP contribution in [0.5, 0.6) is 0 Å². The van der Waals surface area contributed by atoms with E-state index in [4.69, 9.17) is 11.6 Å². The van der Waals surface area contributed by atoms with E-state index >= 15 is 0 Å². The van der Waals surface area contributed by atoms with Gasteiger partial charge in [-0.05, 0) is 6.07 Å². The summed E-state index contributed by atoms with van der Waals surface area (Å²) < 4.78 is 26.5. The van der Waals surface area contributed by atoms with Gasteiger partial charge in [0, 0.05) is 37.0 Å². The van der Waals surface area contributed by atoms with Crippen LogP contribution in [0, 0.1) is 10.1 Å². The summed E-state index contributed by atoms with van der Waals surface area (Å²) in [5.41, 5.74) is 0.518. The molecule has 2 aromatic rings. The molecule has 2 rings (SSSR count). The number of H-pyrrole nitrogens is 1. The molecular weight excluding hydrogens is 320 g/mol. The zero-order chi connectivity index (χ0) is 15.5. The van der Waals surface area contributed by atoms with Crippen molar-refractivity contribution < 1.29 is 13.3 Å².